The average Bonchev–Trinajstić information content (AvgIpc) is 2.15. The monoisotopic (exact) mass is 214 g/mol. The number of ether oxygens (including phenoxy) is 1. The molecule has 1 N–H and O–H groups in total. The van der Waals surface area contributed by atoms with Gasteiger partial charge in [-0.1, -0.05) is 6.58 Å². The third kappa shape index (κ3) is 2.12. The highest BCUT2D eigenvalue weighted by atomic mass is 19.1. The number of carboxylic acid groups (broad SMARTS) is 1. The van der Waals surface area contributed by atoms with E-state index in [2.05, 4.69) is 11.3 Å². The first-order valence-electron chi connectivity index (χ1n) is 3.93. The SMILES string of the molecule is C=C(C(=O)O)c1c(F)cc(F)cc1OC. The summed E-state index contributed by atoms with van der Waals surface area (Å²) in [5.74, 6) is -3.44. The molecule has 1 rings (SSSR count). The number of hydrogen-bond acceptors (Lipinski definition) is 2. The summed E-state index contributed by atoms with van der Waals surface area (Å²) in [5.41, 5.74) is -0.823. The van der Waals surface area contributed by atoms with Gasteiger partial charge < -0.3 is 9.84 Å². The molecule has 5 heteroatoms. The van der Waals surface area contributed by atoms with Crippen LogP contribution in [0.5, 0.6) is 5.75 Å². The van der Waals surface area contributed by atoms with Crippen molar-refractivity contribution in [3.63, 3.8) is 0 Å². The first-order valence-corrected chi connectivity index (χ1v) is 3.93. The minimum absolute atomic E-state index is 0.195. The topological polar surface area (TPSA) is 46.5 Å². The number of rotatable bonds is 3. The minimum atomic E-state index is -1.39. The number of halogens is 2. The van der Waals surface area contributed by atoms with E-state index in [1.165, 1.54) is 7.11 Å². The maximum absolute atomic E-state index is 13.3. The van der Waals surface area contributed by atoms with Gasteiger partial charge in [-0.25, -0.2) is 13.6 Å². The Hall–Kier alpha value is -1.91. The number of carbonyl (C=O) groups is 1. The van der Waals surface area contributed by atoms with Crippen LogP contribution in [-0.4, -0.2) is 18.2 Å². The van der Waals surface area contributed by atoms with Gasteiger partial charge in [0, 0.05) is 12.1 Å². The second kappa shape index (κ2) is 4.08. The summed E-state index contributed by atoms with van der Waals surface area (Å²) in [5, 5.41) is 8.63. The second-order valence-electron chi connectivity index (χ2n) is 2.75. The van der Waals surface area contributed by atoms with E-state index in [-0.39, 0.29) is 11.3 Å². The number of hydrogen-bond donors (Lipinski definition) is 1. The van der Waals surface area contributed by atoms with Crippen LogP contribution in [0.15, 0.2) is 18.7 Å². The van der Waals surface area contributed by atoms with Crippen LogP contribution in [-0.2, 0) is 4.79 Å². The van der Waals surface area contributed by atoms with Crippen LogP contribution in [0.4, 0.5) is 8.78 Å². The molecule has 0 aliphatic carbocycles. The highest BCUT2D eigenvalue weighted by Crippen LogP contribution is 2.29. The lowest BCUT2D eigenvalue weighted by Gasteiger charge is -2.09. The predicted octanol–water partition coefficient (Wildman–Crippen LogP) is 2.07. The van der Waals surface area contributed by atoms with Crippen LogP contribution in [0.1, 0.15) is 5.56 Å². The van der Waals surface area contributed by atoms with Crippen molar-refractivity contribution in [3.8, 4) is 5.75 Å². The van der Waals surface area contributed by atoms with Crippen LogP contribution >= 0.6 is 0 Å². The van der Waals surface area contributed by atoms with Gasteiger partial charge in [0.15, 0.2) is 0 Å². The molecule has 0 bridgehead atoms. The fourth-order valence-electron chi connectivity index (χ4n) is 1.11. The van der Waals surface area contributed by atoms with Gasteiger partial charge in [-0.2, -0.15) is 0 Å². The fraction of sp³-hybridized carbons (Fsp3) is 0.100. The standard InChI is InChI=1S/C10H8F2O3/c1-5(10(13)14)9-7(12)3-6(11)4-8(9)15-2/h3-4H,1H2,2H3,(H,13,14). The largest absolute Gasteiger partial charge is 0.496 e. The van der Waals surface area contributed by atoms with Crippen LogP contribution in [0.3, 0.4) is 0 Å². The smallest absolute Gasteiger partial charge is 0.335 e. The molecule has 0 unspecified atom stereocenters. The quantitative estimate of drug-likeness (QED) is 0.783. The molecule has 3 nitrogen and oxygen atoms in total. The van der Waals surface area contributed by atoms with Crippen molar-refractivity contribution < 1.29 is 23.4 Å². The van der Waals surface area contributed by atoms with Crippen molar-refractivity contribution in [2.45, 2.75) is 0 Å². The van der Waals surface area contributed by atoms with Crippen LogP contribution in [0.2, 0.25) is 0 Å². The number of carboxylic acids is 1. The molecule has 0 atom stereocenters. The fourth-order valence-corrected chi connectivity index (χ4v) is 1.11. The second-order valence-corrected chi connectivity index (χ2v) is 2.75. The summed E-state index contributed by atoms with van der Waals surface area (Å²) in [7, 11) is 1.19. The van der Waals surface area contributed by atoms with Gasteiger partial charge in [-0.05, 0) is 0 Å². The van der Waals surface area contributed by atoms with Gasteiger partial charge in [0.1, 0.15) is 17.4 Å². The molecular formula is C10H8F2O3. The molecule has 0 saturated heterocycles. The summed E-state index contributed by atoms with van der Waals surface area (Å²) in [6, 6.07) is 1.47. The van der Waals surface area contributed by atoms with Gasteiger partial charge in [-0.15, -0.1) is 0 Å². The lowest BCUT2D eigenvalue weighted by atomic mass is 10.1. The van der Waals surface area contributed by atoms with E-state index in [1.54, 1.807) is 0 Å². The summed E-state index contributed by atoms with van der Waals surface area (Å²) in [6.45, 7) is 3.18. The molecule has 1 aromatic rings. The molecule has 0 aliphatic heterocycles. The number of methoxy groups -OCH3 is 1. The Balaban J connectivity index is 3.39. The van der Waals surface area contributed by atoms with Crippen LogP contribution in [0.25, 0.3) is 5.57 Å². The van der Waals surface area contributed by atoms with E-state index in [9.17, 15) is 13.6 Å². The first-order chi connectivity index (χ1) is 6.97. The summed E-state index contributed by atoms with van der Waals surface area (Å²) >= 11 is 0. The van der Waals surface area contributed by atoms with Gasteiger partial charge >= 0.3 is 5.97 Å². The zero-order valence-corrected chi connectivity index (χ0v) is 7.88. The van der Waals surface area contributed by atoms with E-state index >= 15 is 0 Å². The van der Waals surface area contributed by atoms with E-state index in [0.717, 1.165) is 6.07 Å². The third-order valence-corrected chi connectivity index (χ3v) is 1.80. The zero-order valence-electron chi connectivity index (χ0n) is 7.88. The molecule has 0 spiro atoms. The van der Waals surface area contributed by atoms with E-state index in [1.807, 2.05) is 0 Å². The Morgan fingerprint density at radius 3 is 2.53 bits per heavy atom. The Morgan fingerprint density at radius 2 is 2.07 bits per heavy atom. The van der Waals surface area contributed by atoms with Crippen LogP contribution < -0.4 is 4.74 Å². The summed E-state index contributed by atoms with van der Waals surface area (Å²) < 4.78 is 30.7. The molecule has 0 fully saturated rings. The Bertz CT molecular complexity index is 427. The van der Waals surface area contributed by atoms with E-state index in [0.29, 0.717) is 6.07 Å². The summed E-state index contributed by atoms with van der Waals surface area (Å²) in [4.78, 5) is 10.6. The zero-order chi connectivity index (χ0) is 11.6. The third-order valence-electron chi connectivity index (χ3n) is 1.80. The number of aliphatic carboxylic acids is 1. The Morgan fingerprint density at radius 1 is 1.47 bits per heavy atom. The molecule has 80 valence electrons. The normalized spacial score (nSPS) is 9.80. The molecule has 0 aliphatic rings. The van der Waals surface area contributed by atoms with E-state index < -0.39 is 23.2 Å². The van der Waals surface area contributed by atoms with Crippen molar-refractivity contribution in [2.75, 3.05) is 7.11 Å². The molecule has 15 heavy (non-hydrogen) atoms. The maximum atomic E-state index is 13.3. The predicted molar refractivity (Wildman–Crippen MR) is 49.6 cm³/mol. The summed E-state index contributed by atoms with van der Waals surface area (Å²) in [6.07, 6.45) is 0. The van der Waals surface area contributed by atoms with Crippen LogP contribution in [0, 0.1) is 11.6 Å². The molecule has 0 saturated carbocycles. The van der Waals surface area contributed by atoms with Gasteiger partial charge in [0.25, 0.3) is 0 Å². The molecule has 0 radical (unpaired) electrons. The van der Waals surface area contributed by atoms with Gasteiger partial charge in [-0.3, -0.25) is 0 Å². The van der Waals surface area contributed by atoms with Crippen molar-refractivity contribution in [2.24, 2.45) is 0 Å². The van der Waals surface area contributed by atoms with E-state index in [4.69, 9.17) is 5.11 Å². The highest BCUT2D eigenvalue weighted by Gasteiger charge is 2.19. The highest BCUT2D eigenvalue weighted by molar-refractivity contribution is 6.15. The van der Waals surface area contributed by atoms with Crippen molar-refractivity contribution in [1.82, 2.24) is 0 Å². The van der Waals surface area contributed by atoms with Gasteiger partial charge in [0.2, 0.25) is 0 Å². The lowest BCUT2D eigenvalue weighted by Crippen LogP contribution is -2.03. The number of benzene rings is 1. The molecular weight excluding hydrogens is 206 g/mol. The molecule has 0 heterocycles. The average molecular weight is 214 g/mol. The van der Waals surface area contributed by atoms with Crippen molar-refractivity contribution in [1.29, 1.82) is 0 Å². The molecule has 0 aromatic heterocycles. The molecule has 0 amide bonds. The van der Waals surface area contributed by atoms with Crippen molar-refractivity contribution >= 4 is 11.5 Å². The van der Waals surface area contributed by atoms with Crippen molar-refractivity contribution in [3.05, 3.63) is 35.9 Å². The van der Waals surface area contributed by atoms with Gasteiger partial charge in [0.05, 0.1) is 18.2 Å². The lowest BCUT2D eigenvalue weighted by molar-refractivity contribution is -0.130. The molecule has 1 aromatic carbocycles. The maximum Gasteiger partial charge on any atom is 0.335 e. The Kier molecular flexibility index (Phi) is 3.04. The Labute approximate surface area is 84.6 Å². The first kappa shape index (κ1) is 11.2. The minimum Gasteiger partial charge on any atom is -0.496 e.